The molecule has 2 aliphatic heterocycles. The van der Waals surface area contributed by atoms with E-state index >= 15 is 0 Å². The van der Waals surface area contributed by atoms with Crippen LogP contribution in [0.15, 0.2) is 0 Å². The Bertz CT molecular complexity index is 374. The summed E-state index contributed by atoms with van der Waals surface area (Å²) in [7, 11) is 0. The summed E-state index contributed by atoms with van der Waals surface area (Å²) in [4.78, 5) is 14.8. The molecule has 0 aromatic heterocycles. The molecule has 3 aliphatic rings. The number of carbonyl (C=O) groups is 1. The third-order valence-corrected chi connectivity index (χ3v) is 6.09. The molecule has 1 saturated carbocycles. The molecule has 0 bridgehead atoms. The third-order valence-electron chi connectivity index (χ3n) is 6.09. The first-order chi connectivity index (χ1) is 10.1. The summed E-state index contributed by atoms with van der Waals surface area (Å²) in [6.07, 6.45) is 7.45. The van der Waals surface area contributed by atoms with Gasteiger partial charge in [0.15, 0.2) is 0 Å². The average Bonchev–Trinajstić information content (AvgIpc) is 3.04. The molecular formula is C17H31N3O. The lowest BCUT2D eigenvalue weighted by molar-refractivity contribution is -0.123. The maximum Gasteiger partial charge on any atom is 0.237 e. The highest BCUT2D eigenvalue weighted by Crippen LogP contribution is 2.50. The van der Waals surface area contributed by atoms with Crippen molar-refractivity contribution >= 4 is 5.91 Å². The first kappa shape index (κ1) is 15.3. The zero-order valence-corrected chi connectivity index (χ0v) is 13.7. The highest BCUT2D eigenvalue weighted by Gasteiger charge is 2.45. The summed E-state index contributed by atoms with van der Waals surface area (Å²) < 4.78 is 0. The molecule has 2 heterocycles. The van der Waals surface area contributed by atoms with Gasteiger partial charge in [-0.05, 0) is 69.9 Å². The Hall–Kier alpha value is -0.610. The monoisotopic (exact) mass is 293 g/mol. The molecule has 120 valence electrons. The molecule has 4 heteroatoms. The average molecular weight is 293 g/mol. The lowest BCUT2D eigenvalue weighted by Crippen LogP contribution is -2.48. The van der Waals surface area contributed by atoms with Crippen LogP contribution in [-0.4, -0.2) is 49.1 Å². The summed E-state index contributed by atoms with van der Waals surface area (Å²) in [5.74, 6) is 0.848. The Labute approximate surface area is 129 Å². The first-order valence-electron chi connectivity index (χ1n) is 8.84. The number of nitrogens with zero attached hydrogens (tertiary/aromatic N) is 1. The van der Waals surface area contributed by atoms with Crippen LogP contribution in [0.25, 0.3) is 0 Å². The number of rotatable bonds is 5. The van der Waals surface area contributed by atoms with Gasteiger partial charge in [0.05, 0.1) is 6.04 Å². The Morgan fingerprint density at radius 1 is 1.38 bits per heavy atom. The van der Waals surface area contributed by atoms with Gasteiger partial charge in [-0.25, -0.2) is 0 Å². The van der Waals surface area contributed by atoms with Crippen molar-refractivity contribution in [2.45, 2.75) is 64.5 Å². The minimum absolute atomic E-state index is 0.0639. The van der Waals surface area contributed by atoms with Gasteiger partial charge in [0.25, 0.3) is 0 Å². The van der Waals surface area contributed by atoms with Crippen molar-refractivity contribution < 1.29 is 4.79 Å². The van der Waals surface area contributed by atoms with Crippen molar-refractivity contribution in [2.75, 3.05) is 26.2 Å². The van der Waals surface area contributed by atoms with E-state index in [9.17, 15) is 4.79 Å². The predicted octanol–water partition coefficient (Wildman–Crippen LogP) is 1.76. The first-order valence-corrected chi connectivity index (χ1v) is 8.84. The van der Waals surface area contributed by atoms with E-state index in [2.05, 4.69) is 29.4 Å². The van der Waals surface area contributed by atoms with Crippen LogP contribution in [0, 0.1) is 11.3 Å². The maximum atomic E-state index is 12.1. The molecular weight excluding hydrogens is 262 g/mol. The summed E-state index contributed by atoms with van der Waals surface area (Å²) in [6.45, 7) is 9.08. The van der Waals surface area contributed by atoms with Crippen molar-refractivity contribution in [1.29, 1.82) is 0 Å². The second kappa shape index (κ2) is 6.25. The maximum absolute atomic E-state index is 12.1. The Balaban J connectivity index is 1.44. The minimum atomic E-state index is 0.0639. The number of piperidine rings is 1. The quantitative estimate of drug-likeness (QED) is 0.812. The fourth-order valence-corrected chi connectivity index (χ4v) is 3.95. The number of amides is 1. The van der Waals surface area contributed by atoms with Crippen LogP contribution in [0.3, 0.4) is 0 Å². The molecule has 0 aromatic carbocycles. The van der Waals surface area contributed by atoms with E-state index in [-0.39, 0.29) is 11.9 Å². The molecule has 2 saturated heterocycles. The smallest absolute Gasteiger partial charge is 0.237 e. The normalized spacial score (nSPS) is 33.6. The molecule has 4 nitrogen and oxygen atoms in total. The highest BCUT2D eigenvalue weighted by molar-refractivity contribution is 5.81. The second-order valence-electron chi connectivity index (χ2n) is 7.73. The van der Waals surface area contributed by atoms with Crippen molar-refractivity contribution in [3.8, 4) is 0 Å². The molecule has 3 rings (SSSR count). The Kier molecular flexibility index (Phi) is 4.55. The summed E-state index contributed by atoms with van der Waals surface area (Å²) in [5, 5.41) is 6.46. The van der Waals surface area contributed by atoms with E-state index in [1.807, 2.05) is 0 Å². The van der Waals surface area contributed by atoms with Crippen molar-refractivity contribution in [3.63, 3.8) is 0 Å². The minimum Gasteiger partial charge on any atom is -0.354 e. The van der Waals surface area contributed by atoms with Gasteiger partial charge in [-0.15, -0.1) is 0 Å². The SMILES string of the molecule is CC(N1CCCC(CNC(=O)C2CCCN2)C1)C1(C)CC1. The van der Waals surface area contributed by atoms with Crippen LogP contribution in [0.2, 0.25) is 0 Å². The van der Waals surface area contributed by atoms with E-state index < -0.39 is 0 Å². The van der Waals surface area contributed by atoms with Crippen molar-refractivity contribution in [2.24, 2.45) is 11.3 Å². The molecule has 3 atom stereocenters. The van der Waals surface area contributed by atoms with Gasteiger partial charge in [0, 0.05) is 19.1 Å². The van der Waals surface area contributed by atoms with Crippen molar-refractivity contribution in [3.05, 3.63) is 0 Å². The summed E-state index contributed by atoms with van der Waals surface area (Å²) in [5.41, 5.74) is 0.568. The molecule has 1 amide bonds. The molecule has 1 aliphatic carbocycles. The largest absolute Gasteiger partial charge is 0.354 e. The van der Waals surface area contributed by atoms with Gasteiger partial charge < -0.3 is 10.6 Å². The molecule has 0 aromatic rings. The number of nitrogens with one attached hydrogen (secondary N) is 2. The van der Waals surface area contributed by atoms with Crippen LogP contribution in [0.1, 0.15) is 52.4 Å². The molecule has 3 unspecified atom stereocenters. The summed E-state index contributed by atoms with van der Waals surface area (Å²) in [6, 6.07) is 0.765. The van der Waals surface area contributed by atoms with E-state index in [1.54, 1.807) is 0 Å². The van der Waals surface area contributed by atoms with Crippen LogP contribution >= 0.6 is 0 Å². The van der Waals surface area contributed by atoms with Gasteiger partial charge >= 0.3 is 0 Å². The molecule has 2 N–H and O–H groups in total. The fraction of sp³-hybridized carbons (Fsp3) is 0.941. The van der Waals surface area contributed by atoms with Gasteiger partial charge in [0.1, 0.15) is 0 Å². The number of hydrogen-bond acceptors (Lipinski definition) is 3. The van der Waals surface area contributed by atoms with E-state index in [4.69, 9.17) is 0 Å². The van der Waals surface area contributed by atoms with Crippen LogP contribution in [0.5, 0.6) is 0 Å². The zero-order chi connectivity index (χ0) is 14.9. The van der Waals surface area contributed by atoms with Crippen molar-refractivity contribution in [1.82, 2.24) is 15.5 Å². The number of hydrogen-bond donors (Lipinski definition) is 2. The standard InChI is InChI=1S/C17H31N3O/c1-13(17(2)7-8-17)20-10-4-5-14(12-20)11-19-16(21)15-6-3-9-18-15/h13-15,18H,3-12H2,1-2H3,(H,19,21). The Morgan fingerprint density at radius 3 is 2.86 bits per heavy atom. The predicted molar refractivity (Wildman–Crippen MR) is 85.1 cm³/mol. The van der Waals surface area contributed by atoms with Gasteiger partial charge in [-0.2, -0.15) is 0 Å². The zero-order valence-electron chi connectivity index (χ0n) is 13.7. The number of likely N-dealkylation sites (tertiary alicyclic amines) is 1. The van der Waals surface area contributed by atoms with Gasteiger partial charge in [-0.3, -0.25) is 9.69 Å². The fourth-order valence-electron chi connectivity index (χ4n) is 3.95. The molecule has 0 radical (unpaired) electrons. The lowest BCUT2D eigenvalue weighted by atomic mass is 9.92. The van der Waals surface area contributed by atoms with Gasteiger partial charge in [0.2, 0.25) is 5.91 Å². The Morgan fingerprint density at radius 2 is 2.19 bits per heavy atom. The van der Waals surface area contributed by atoms with Crippen LogP contribution < -0.4 is 10.6 Å². The molecule has 21 heavy (non-hydrogen) atoms. The van der Waals surface area contributed by atoms with Crippen LogP contribution in [-0.2, 0) is 4.79 Å². The molecule has 3 fully saturated rings. The van der Waals surface area contributed by atoms with E-state index in [1.165, 1.54) is 32.2 Å². The topological polar surface area (TPSA) is 44.4 Å². The lowest BCUT2D eigenvalue weighted by Gasteiger charge is -2.39. The van der Waals surface area contributed by atoms with Crippen LogP contribution in [0.4, 0.5) is 0 Å². The third kappa shape index (κ3) is 3.59. The summed E-state index contributed by atoms with van der Waals surface area (Å²) >= 11 is 0. The number of carbonyl (C=O) groups excluding carboxylic acids is 1. The van der Waals surface area contributed by atoms with E-state index in [0.717, 1.165) is 32.5 Å². The molecule has 0 spiro atoms. The second-order valence-corrected chi connectivity index (χ2v) is 7.73. The highest BCUT2D eigenvalue weighted by atomic mass is 16.2. The van der Waals surface area contributed by atoms with E-state index in [0.29, 0.717) is 17.4 Å². The van der Waals surface area contributed by atoms with Gasteiger partial charge in [-0.1, -0.05) is 6.92 Å².